The van der Waals surface area contributed by atoms with Crippen molar-refractivity contribution in [2.24, 2.45) is 0 Å². The Hall–Kier alpha value is -1.83. The van der Waals surface area contributed by atoms with Gasteiger partial charge in [0.25, 0.3) is 0 Å². The van der Waals surface area contributed by atoms with Crippen LogP contribution in [0.15, 0.2) is 36.5 Å². The Morgan fingerprint density at radius 3 is 2.44 bits per heavy atom. The van der Waals surface area contributed by atoms with E-state index in [-0.39, 0.29) is 0 Å². The summed E-state index contributed by atoms with van der Waals surface area (Å²) in [5, 5.41) is 3.30. The average molecular weight is 212 g/mol. The smallest absolute Gasteiger partial charge is 0.130 e. The highest BCUT2D eigenvalue weighted by Gasteiger charge is 1.98. The summed E-state index contributed by atoms with van der Waals surface area (Å²) in [6.07, 6.45) is 1.82. The maximum Gasteiger partial charge on any atom is 0.130 e. The topological polar surface area (TPSA) is 24.9 Å². The van der Waals surface area contributed by atoms with Gasteiger partial charge in [0, 0.05) is 11.9 Å². The third-order valence-electron chi connectivity index (χ3n) is 2.69. The van der Waals surface area contributed by atoms with Gasteiger partial charge in [0.05, 0.1) is 0 Å². The van der Waals surface area contributed by atoms with Crippen LogP contribution in [0.25, 0.3) is 0 Å². The van der Waals surface area contributed by atoms with E-state index in [9.17, 15) is 0 Å². The zero-order valence-corrected chi connectivity index (χ0v) is 9.91. The molecular weight excluding hydrogens is 196 g/mol. The fourth-order valence-corrected chi connectivity index (χ4v) is 1.57. The van der Waals surface area contributed by atoms with E-state index in [0.29, 0.717) is 0 Å². The quantitative estimate of drug-likeness (QED) is 0.820. The van der Waals surface area contributed by atoms with Gasteiger partial charge in [-0.25, -0.2) is 4.98 Å². The zero-order valence-electron chi connectivity index (χ0n) is 9.91. The molecule has 0 aliphatic rings. The highest BCUT2D eigenvalue weighted by Crippen LogP contribution is 2.18. The number of nitrogens with one attached hydrogen (secondary N) is 1. The minimum absolute atomic E-state index is 0.892. The number of hydrogen-bond acceptors (Lipinski definition) is 2. The lowest BCUT2D eigenvalue weighted by Crippen LogP contribution is -1.94. The largest absolute Gasteiger partial charge is 0.340 e. The van der Waals surface area contributed by atoms with Crippen molar-refractivity contribution < 1.29 is 0 Å². The van der Waals surface area contributed by atoms with E-state index < -0.39 is 0 Å². The van der Waals surface area contributed by atoms with Crippen LogP contribution in [0, 0.1) is 20.8 Å². The lowest BCUT2D eigenvalue weighted by atomic mass is 10.1. The van der Waals surface area contributed by atoms with E-state index in [2.05, 4.69) is 49.3 Å². The summed E-state index contributed by atoms with van der Waals surface area (Å²) in [6.45, 7) is 6.29. The molecule has 16 heavy (non-hydrogen) atoms. The molecule has 0 unspecified atom stereocenters. The minimum atomic E-state index is 0.892. The monoisotopic (exact) mass is 212 g/mol. The molecule has 0 radical (unpaired) electrons. The fourth-order valence-electron chi connectivity index (χ4n) is 1.57. The molecular formula is C14H16N2. The van der Waals surface area contributed by atoms with Gasteiger partial charge in [0.15, 0.2) is 0 Å². The maximum atomic E-state index is 4.28. The van der Waals surface area contributed by atoms with Crippen molar-refractivity contribution in [3.8, 4) is 0 Å². The van der Waals surface area contributed by atoms with E-state index in [1.54, 1.807) is 0 Å². The van der Waals surface area contributed by atoms with Gasteiger partial charge in [-0.3, -0.25) is 0 Å². The number of rotatable bonds is 2. The average Bonchev–Trinajstić information content (AvgIpc) is 2.24. The minimum Gasteiger partial charge on any atom is -0.340 e. The van der Waals surface area contributed by atoms with Gasteiger partial charge >= 0.3 is 0 Å². The lowest BCUT2D eigenvalue weighted by Gasteiger charge is -2.08. The Morgan fingerprint density at radius 1 is 0.938 bits per heavy atom. The van der Waals surface area contributed by atoms with Gasteiger partial charge < -0.3 is 5.32 Å². The van der Waals surface area contributed by atoms with E-state index in [1.165, 1.54) is 16.7 Å². The van der Waals surface area contributed by atoms with E-state index in [1.807, 2.05) is 18.3 Å². The van der Waals surface area contributed by atoms with E-state index in [4.69, 9.17) is 0 Å². The predicted molar refractivity (Wildman–Crippen MR) is 68.2 cm³/mol. The second-order valence-corrected chi connectivity index (χ2v) is 4.14. The van der Waals surface area contributed by atoms with Gasteiger partial charge in [-0.15, -0.1) is 0 Å². The molecule has 0 aliphatic heterocycles. The van der Waals surface area contributed by atoms with Crippen LogP contribution >= 0.6 is 0 Å². The highest BCUT2D eigenvalue weighted by atomic mass is 15.0. The first-order chi connectivity index (χ1) is 7.65. The molecule has 0 fully saturated rings. The first-order valence-electron chi connectivity index (χ1n) is 5.42. The molecule has 2 nitrogen and oxygen atoms in total. The van der Waals surface area contributed by atoms with Gasteiger partial charge in [0.2, 0.25) is 0 Å². The molecule has 0 bridgehead atoms. The van der Waals surface area contributed by atoms with Crippen LogP contribution in [0.3, 0.4) is 0 Å². The van der Waals surface area contributed by atoms with Crippen molar-refractivity contribution in [1.82, 2.24) is 4.98 Å². The summed E-state index contributed by atoms with van der Waals surface area (Å²) >= 11 is 0. The third kappa shape index (κ3) is 2.40. The highest BCUT2D eigenvalue weighted by molar-refractivity contribution is 5.58. The molecule has 2 heteroatoms. The summed E-state index contributed by atoms with van der Waals surface area (Å²) in [7, 11) is 0. The normalized spacial score (nSPS) is 10.2. The number of pyridine rings is 1. The fraction of sp³-hybridized carbons (Fsp3) is 0.214. The van der Waals surface area contributed by atoms with Gasteiger partial charge in [0.1, 0.15) is 5.82 Å². The van der Waals surface area contributed by atoms with E-state index in [0.717, 1.165) is 11.5 Å². The van der Waals surface area contributed by atoms with Crippen molar-refractivity contribution in [3.63, 3.8) is 0 Å². The van der Waals surface area contributed by atoms with Crippen LogP contribution < -0.4 is 5.32 Å². The molecule has 1 aromatic carbocycles. The van der Waals surface area contributed by atoms with Gasteiger partial charge in [-0.05, 0) is 61.7 Å². The molecule has 0 atom stereocenters. The number of aromatic nitrogens is 1. The number of aryl methyl sites for hydroxylation is 3. The Morgan fingerprint density at radius 2 is 1.75 bits per heavy atom. The van der Waals surface area contributed by atoms with Crippen molar-refractivity contribution in [3.05, 3.63) is 53.2 Å². The van der Waals surface area contributed by atoms with Crippen molar-refractivity contribution in [2.75, 3.05) is 5.32 Å². The summed E-state index contributed by atoms with van der Waals surface area (Å²) in [6, 6.07) is 10.4. The van der Waals surface area contributed by atoms with Crippen LogP contribution in [0.4, 0.5) is 11.5 Å². The molecule has 0 spiro atoms. The Labute approximate surface area is 96.4 Å². The Balaban J connectivity index is 2.24. The third-order valence-corrected chi connectivity index (χ3v) is 2.69. The molecule has 2 aromatic rings. The standard InChI is InChI=1S/C14H16N2/c1-10-6-7-15-14(8-10)16-13-5-4-11(2)12(3)9-13/h4-9H,1-3H3,(H,15,16). The lowest BCUT2D eigenvalue weighted by molar-refractivity contribution is 1.26. The second kappa shape index (κ2) is 4.35. The van der Waals surface area contributed by atoms with Gasteiger partial charge in [-0.1, -0.05) is 6.07 Å². The summed E-state index contributed by atoms with van der Waals surface area (Å²) < 4.78 is 0. The number of hydrogen-bond donors (Lipinski definition) is 1. The molecule has 1 heterocycles. The first-order valence-corrected chi connectivity index (χ1v) is 5.42. The van der Waals surface area contributed by atoms with Crippen molar-refractivity contribution >= 4 is 11.5 Å². The van der Waals surface area contributed by atoms with E-state index >= 15 is 0 Å². The van der Waals surface area contributed by atoms with Crippen LogP contribution in [0.2, 0.25) is 0 Å². The molecule has 0 saturated heterocycles. The molecule has 1 aromatic heterocycles. The van der Waals surface area contributed by atoms with Crippen LogP contribution in [-0.4, -0.2) is 4.98 Å². The Bertz CT molecular complexity index is 504. The number of nitrogens with zero attached hydrogens (tertiary/aromatic N) is 1. The van der Waals surface area contributed by atoms with Crippen LogP contribution in [-0.2, 0) is 0 Å². The molecule has 2 rings (SSSR count). The number of benzene rings is 1. The molecule has 82 valence electrons. The summed E-state index contributed by atoms with van der Waals surface area (Å²) in [4.78, 5) is 4.28. The first kappa shape index (κ1) is 10.7. The predicted octanol–water partition coefficient (Wildman–Crippen LogP) is 3.75. The summed E-state index contributed by atoms with van der Waals surface area (Å²) in [5.74, 6) is 0.892. The second-order valence-electron chi connectivity index (χ2n) is 4.14. The molecule has 0 amide bonds. The maximum absolute atomic E-state index is 4.28. The number of anilines is 2. The molecule has 1 N–H and O–H groups in total. The SMILES string of the molecule is Cc1ccnc(Nc2ccc(C)c(C)c2)c1. The summed E-state index contributed by atoms with van der Waals surface area (Å²) in [5.41, 5.74) is 4.89. The zero-order chi connectivity index (χ0) is 11.5. The van der Waals surface area contributed by atoms with Crippen molar-refractivity contribution in [2.45, 2.75) is 20.8 Å². The molecule has 0 saturated carbocycles. The van der Waals surface area contributed by atoms with Gasteiger partial charge in [-0.2, -0.15) is 0 Å². The Kier molecular flexibility index (Phi) is 2.91. The molecule has 0 aliphatic carbocycles. The van der Waals surface area contributed by atoms with Crippen molar-refractivity contribution in [1.29, 1.82) is 0 Å². The van der Waals surface area contributed by atoms with Crippen LogP contribution in [0.1, 0.15) is 16.7 Å². The van der Waals surface area contributed by atoms with Crippen LogP contribution in [0.5, 0.6) is 0 Å².